The molecule has 138 valence electrons. The molecule has 1 rings (SSSR count). The van der Waals surface area contributed by atoms with Gasteiger partial charge in [-0.25, -0.2) is 0 Å². The summed E-state index contributed by atoms with van der Waals surface area (Å²) in [5.41, 5.74) is 0. The number of guanidine groups is 1. The summed E-state index contributed by atoms with van der Waals surface area (Å²) >= 11 is 0. The van der Waals surface area contributed by atoms with Gasteiger partial charge in [0.2, 0.25) is 5.89 Å². The molecule has 0 unspecified atom stereocenters. The quantitative estimate of drug-likeness (QED) is 0.194. The lowest BCUT2D eigenvalue weighted by atomic mass is 10.2. The summed E-state index contributed by atoms with van der Waals surface area (Å²) in [7, 11) is 3.87. The van der Waals surface area contributed by atoms with E-state index in [0.717, 1.165) is 37.7 Å². The Labute approximate surface area is 163 Å². The van der Waals surface area contributed by atoms with Gasteiger partial charge in [-0.2, -0.15) is 4.98 Å². The molecular weight excluding hydrogens is 417 g/mol. The summed E-state index contributed by atoms with van der Waals surface area (Å²) in [5, 5.41) is 7.31. The third-order valence-corrected chi connectivity index (χ3v) is 3.60. The van der Waals surface area contributed by atoms with E-state index < -0.39 is 0 Å². The van der Waals surface area contributed by atoms with Crippen LogP contribution in [-0.2, 0) is 6.42 Å². The van der Waals surface area contributed by atoms with E-state index in [1.165, 1.54) is 12.8 Å². The smallest absolute Gasteiger partial charge is 0.228 e. The van der Waals surface area contributed by atoms with Gasteiger partial charge in [-0.05, 0) is 19.3 Å². The summed E-state index contributed by atoms with van der Waals surface area (Å²) in [6.07, 6.45) is 7.36. The number of halogens is 1. The van der Waals surface area contributed by atoms with Crippen LogP contribution in [0.2, 0.25) is 0 Å². The van der Waals surface area contributed by atoms with E-state index in [9.17, 15) is 0 Å². The van der Waals surface area contributed by atoms with Crippen molar-refractivity contribution < 1.29 is 4.52 Å². The van der Waals surface area contributed by atoms with Crippen molar-refractivity contribution in [2.45, 2.75) is 51.9 Å². The number of allylic oxidation sites excluding steroid dienone is 1. The van der Waals surface area contributed by atoms with Crippen molar-refractivity contribution in [3.05, 3.63) is 24.4 Å². The highest BCUT2D eigenvalue weighted by Gasteiger charge is 2.10. The van der Waals surface area contributed by atoms with Crippen LogP contribution >= 0.6 is 24.0 Å². The molecule has 0 fully saturated rings. The maximum absolute atomic E-state index is 5.24. The highest BCUT2D eigenvalue weighted by atomic mass is 127. The van der Waals surface area contributed by atoms with Crippen LogP contribution in [0.15, 0.2) is 22.2 Å². The lowest BCUT2D eigenvalue weighted by Gasteiger charge is -2.21. The molecule has 0 aliphatic heterocycles. The normalized spacial score (nSPS) is 11.3. The first-order valence-corrected chi connectivity index (χ1v) is 8.43. The SMILES string of the molecule is C=CCCCCCN(C)C(=NC)NCCc1nc(C(C)C)no1.I. The fourth-order valence-electron chi connectivity index (χ4n) is 2.19. The average molecular weight is 449 g/mol. The van der Waals surface area contributed by atoms with Crippen LogP contribution in [0.5, 0.6) is 0 Å². The predicted molar refractivity (Wildman–Crippen MR) is 110 cm³/mol. The van der Waals surface area contributed by atoms with E-state index in [1.807, 2.05) is 6.08 Å². The third-order valence-electron chi connectivity index (χ3n) is 3.60. The molecule has 1 heterocycles. The van der Waals surface area contributed by atoms with E-state index in [-0.39, 0.29) is 24.0 Å². The van der Waals surface area contributed by atoms with Gasteiger partial charge in [-0.15, -0.1) is 30.6 Å². The molecule has 0 radical (unpaired) electrons. The van der Waals surface area contributed by atoms with Crippen molar-refractivity contribution >= 4 is 29.9 Å². The van der Waals surface area contributed by atoms with Gasteiger partial charge in [0.1, 0.15) is 0 Å². The Balaban J connectivity index is 0.00000529. The van der Waals surface area contributed by atoms with Gasteiger partial charge in [0, 0.05) is 39.5 Å². The Morgan fingerprint density at radius 3 is 2.71 bits per heavy atom. The highest BCUT2D eigenvalue weighted by Crippen LogP contribution is 2.09. The summed E-state index contributed by atoms with van der Waals surface area (Å²) in [5.74, 6) is 2.63. The number of nitrogens with one attached hydrogen (secondary N) is 1. The first-order valence-electron chi connectivity index (χ1n) is 8.43. The maximum atomic E-state index is 5.24. The first-order chi connectivity index (χ1) is 11.1. The van der Waals surface area contributed by atoms with Crippen LogP contribution in [0, 0.1) is 0 Å². The Hall–Kier alpha value is -1.12. The fraction of sp³-hybridized carbons (Fsp3) is 0.706. The van der Waals surface area contributed by atoms with E-state index in [0.29, 0.717) is 18.2 Å². The molecule has 0 saturated carbocycles. The van der Waals surface area contributed by atoms with Crippen molar-refractivity contribution in [3.63, 3.8) is 0 Å². The minimum Gasteiger partial charge on any atom is -0.356 e. The molecule has 0 aliphatic carbocycles. The Kier molecular flexibility index (Phi) is 12.6. The molecule has 1 aromatic rings. The number of nitrogens with zero attached hydrogens (tertiary/aromatic N) is 4. The molecule has 7 heteroatoms. The number of aliphatic imine (C=N–C) groups is 1. The number of hydrogen-bond acceptors (Lipinski definition) is 4. The zero-order valence-electron chi connectivity index (χ0n) is 15.4. The summed E-state index contributed by atoms with van der Waals surface area (Å²) in [4.78, 5) is 10.8. The summed E-state index contributed by atoms with van der Waals surface area (Å²) in [6, 6.07) is 0. The van der Waals surface area contributed by atoms with Crippen LogP contribution in [0.1, 0.15) is 57.2 Å². The van der Waals surface area contributed by atoms with Crippen LogP contribution in [-0.4, -0.2) is 48.2 Å². The third kappa shape index (κ3) is 8.65. The molecule has 1 aromatic heterocycles. The number of hydrogen-bond donors (Lipinski definition) is 1. The van der Waals surface area contributed by atoms with Crippen molar-refractivity contribution in [1.29, 1.82) is 0 Å². The number of aromatic nitrogens is 2. The van der Waals surface area contributed by atoms with E-state index in [2.05, 4.69) is 52.8 Å². The monoisotopic (exact) mass is 449 g/mol. The molecular formula is C17H32IN5O. The molecule has 0 saturated heterocycles. The number of unbranched alkanes of at least 4 members (excludes halogenated alkanes) is 3. The summed E-state index contributed by atoms with van der Waals surface area (Å²) in [6.45, 7) is 9.58. The van der Waals surface area contributed by atoms with E-state index in [4.69, 9.17) is 4.52 Å². The molecule has 0 aliphatic rings. The van der Waals surface area contributed by atoms with Gasteiger partial charge in [0.25, 0.3) is 0 Å². The van der Waals surface area contributed by atoms with Gasteiger partial charge >= 0.3 is 0 Å². The van der Waals surface area contributed by atoms with Gasteiger partial charge in [0.05, 0.1) is 0 Å². The maximum Gasteiger partial charge on any atom is 0.228 e. The minimum absolute atomic E-state index is 0. The second kappa shape index (κ2) is 13.2. The second-order valence-corrected chi connectivity index (χ2v) is 5.98. The molecule has 24 heavy (non-hydrogen) atoms. The molecule has 0 spiro atoms. The lowest BCUT2D eigenvalue weighted by molar-refractivity contribution is 0.370. The minimum atomic E-state index is 0. The molecule has 0 amide bonds. The topological polar surface area (TPSA) is 66.5 Å². The molecule has 0 atom stereocenters. The van der Waals surface area contributed by atoms with Crippen molar-refractivity contribution in [1.82, 2.24) is 20.4 Å². The standard InChI is InChI=1S/C17H31N5O.HI/c1-6-7-8-9-10-13-22(5)17(18-4)19-12-11-15-20-16(14(2)3)21-23-15;/h6,14H,1,7-13H2,2-5H3,(H,18,19);1H. The number of rotatable bonds is 10. The van der Waals surface area contributed by atoms with Crippen LogP contribution < -0.4 is 5.32 Å². The molecule has 6 nitrogen and oxygen atoms in total. The zero-order valence-corrected chi connectivity index (χ0v) is 17.7. The van der Waals surface area contributed by atoms with E-state index in [1.54, 1.807) is 7.05 Å². The molecule has 0 aromatic carbocycles. The lowest BCUT2D eigenvalue weighted by Crippen LogP contribution is -2.40. The first kappa shape index (κ1) is 22.9. The largest absolute Gasteiger partial charge is 0.356 e. The predicted octanol–water partition coefficient (Wildman–Crippen LogP) is 3.61. The molecule has 0 bridgehead atoms. The van der Waals surface area contributed by atoms with Gasteiger partial charge < -0.3 is 14.7 Å². The Morgan fingerprint density at radius 1 is 1.38 bits per heavy atom. The van der Waals surface area contributed by atoms with Gasteiger partial charge in [-0.1, -0.05) is 31.5 Å². The van der Waals surface area contributed by atoms with Crippen molar-refractivity contribution in [2.75, 3.05) is 27.2 Å². The van der Waals surface area contributed by atoms with Gasteiger partial charge in [-0.3, -0.25) is 4.99 Å². The van der Waals surface area contributed by atoms with Crippen molar-refractivity contribution in [2.24, 2.45) is 4.99 Å². The van der Waals surface area contributed by atoms with Crippen LogP contribution in [0.4, 0.5) is 0 Å². The van der Waals surface area contributed by atoms with Crippen LogP contribution in [0.25, 0.3) is 0 Å². The second-order valence-electron chi connectivity index (χ2n) is 5.98. The van der Waals surface area contributed by atoms with E-state index >= 15 is 0 Å². The van der Waals surface area contributed by atoms with Crippen molar-refractivity contribution in [3.8, 4) is 0 Å². The van der Waals surface area contributed by atoms with Gasteiger partial charge in [0.15, 0.2) is 11.8 Å². The Bertz CT molecular complexity index is 487. The Morgan fingerprint density at radius 2 is 2.12 bits per heavy atom. The molecule has 1 N–H and O–H groups in total. The average Bonchev–Trinajstić information content (AvgIpc) is 3.00. The summed E-state index contributed by atoms with van der Waals surface area (Å²) < 4.78 is 5.24. The fourth-order valence-corrected chi connectivity index (χ4v) is 2.19. The zero-order chi connectivity index (χ0) is 17.1. The van der Waals surface area contributed by atoms with Crippen LogP contribution in [0.3, 0.4) is 0 Å². The highest BCUT2D eigenvalue weighted by molar-refractivity contribution is 14.0.